The van der Waals surface area contributed by atoms with Crippen LogP contribution in [0.15, 0.2) is 41.6 Å². The molecule has 0 saturated carbocycles. The van der Waals surface area contributed by atoms with Crippen molar-refractivity contribution in [2.24, 2.45) is 0 Å². The van der Waals surface area contributed by atoms with Crippen molar-refractivity contribution in [3.05, 3.63) is 52.8 Å². The summed E-state index contributed by atoms with van der Waals surface area (Å²) in [5, 5.41) is 2.94. The molecule has 0 aliphatic rings. The van der Waals surface area contributed by atoms with E-state index in [9.17, 15) is 13.2 Å². The van der Waals surface area contributed by atoms with Gasteiger partial charge in [-0.15, -0.1) is 0 Å². The number of rotatable bonds is 8. The number of ether oxygens (including phenoxy) is 2. The largest absolute Gasteiger partial charge is 0.495 e. The molecule has 0 unspecified atom stereocenters. The molecule has 26 heavy (non-hydrogen) atoms. The number of carbonyl (C=O) groups is 1. The maximum atomic E-state index is 12.7. The smallest absolute Gasteiger partial charge is 0.252 e. The third-order valence-electron chi connectivity index (χ3n) is 3.47. The van der Waals surface area contributed by atoms with Gasteiger partial charge in [0.15, 0.2) is 9.84 Å². The van der Waals surface area contributed by atoms with Gasteiger partial charge in [0.25, 0.3) is 5.91 Å². The Hall–Kier alpha value is -2.16. The topological polar surface area (TPSA) is 94.6 Å². The van der Waals surface area contributed by atoms with Gasteiger partial charge in [-0.25, -0.2) is 8.42 Å². The molecule has 0 saturated heterocycles. The Balaban J connectivity index is 2.24. The van der Waals surface area contributed by atoms with E-state index in [0.29, 0.717) is 18.7 Å². The Morgan fingerprint density at radius 1 is 1.23 bits per heavy atom. The van der Waals surface area contributed by atoms with Gasteiger partial charge in [0, 0.05) is 31.1 Å². The predicted molar refractivity (Wildman–Crippen MR) is 97.3 cm³/mol. The van der Waals surface area contributed by atoms with Gasteiger partial charge in [0.05, 0.1) is 25.0 Å². The summed E-state index contributed by atoms with van der Waals surface area (Å²) in [6.07, 6.45) is 2.78. The number of halogens is 1. The molecule has 2 aromatic rings. The van der Waals surface area contributed by atoms with Crippen LogP contribution in [0.25, 0.3) is 0 Å². The van der Waals surface area contributed by atoms with Gasteiger partial charge in [-0.05, 0) is 29.8 Å². The zero-order valence-electron chi connectivity index (χ0n) is 14.4. The number of methoxy groups -OCH3 is 2. The molecule has 140 valence electrons. The normalized spacial score (nSPS) is 11.2. The molecule has 1 N–H and O–H groups in total. The maximum absolute atomic E-state index is 12.7. The minimum atomic E-state index is -3.74. The van der Waals surface area contributed by atoms with E-state index in [1.807, 2.05) is 0 Å². The lowest BCUT2D eigenvalue weighted by atomic mass is 10.2. The van der Waals surface area contributed by atoms with E-state index in [1.54, 1.807) is 6.07 Å². The van der Waals surface area contributed by atoms with Crippen LogP contribution in [-0.4, -0.2) is 46.7 Å². The number of carbonyl (C=O) groups excluding carboxylic acids is 1. The third-order valence-corrected chi connectivity index (χ3v) is 5.40. The van der Waals surface area contributed by atoms with Crippen LogP contribution in [0.3, 0.4) is 0 Å². The summed E-state index contributed by atoms with van der Waals surface area (Å²) in [7, 11) is -0.828. The molecule has 0 spiro atoms. The van der Waals surface area contributed by atoms with Crippen molar-refractivity contribution in [3.8, 4) is 5.75 Å². The second-order valence-corrected chi connectivity index (χ2v) is 7.78. The quantitative estimate of drug-likeness (QED) is 0.684. The van der Waals surface area contributed by atoms with Crippen LogP contribution < -0.4 is 10.1 Å². The fourth-order valence-corrected chi connectivity index (χ4v) is 4.00. The molecule has 1 aromatic carbocycles. The number of hydrogen-bond donors (Lipinski definition) is 1. The molecule has 1 aromatic heterocycles. The zero-order chi connectivity index (χ0) is 19.2. The van der Waals surface area contributed by atoms with Crippen LogP contribution >= 0.6 is 11.6 Å². The fourth-order valence-electron chi connectivity index (χ4n) is 2.25. The van der Waals surface area contributed by atoms with E-state index < -0.39 is 9.84 Å². The number of pyridine rings is 1. The Labute approximate surface area is 157 Å². The number of hydrogen-bond acceptors (Lipinski definition) is 6. The number of sulfone groups is 1. The van der Waals surface area contributed by atoms with E-state index >= 15 is 0 Å². The van der Waals surface area contributed by atoms with Crippen LogP contribution in [0, 0.1) is 0 Å². The molecule has 0 radical (unpaired) electrons. The molecule has 2 rings (SSSR count). The van der Waals surface area contributed by atoms with Gasteiger partial charge < -0.3 is 14.8 Å². The molecule has 1 heterocycles. The van der Waals surface area contributed by atoms with Crippen molar-refractivity contribution in [3.63, 3.8) is 0 Å². The molecule has 0 aliphatic heterocycles. The van der Waals surface area contributed by atoms with Gasteiger partial charge in [-0.3, -0.25) is 9.78 Å². The summed E-state index contributed by atoms with van der Waals surface area (Å²) in [5.74, 6) is -0.486. The third kappa shape index (κ3) is 5.17. The van der Waals surface area contributed by atoms with Crippen LogP contribution in [0.1, 0.15) is 15.9 Å². The summed E-state index contributed by atoms with van der Waals surface area (Å²) in [6, 6.07) is 5.87. The molecule has 0 bridgehead atoms. The number of benzene rings is 1. The Kier molecular flexibility index (Phi) is 6.96. The van der Waals surface area contributed by atoms with Crippen molar-refractivity contribution in [2.45, 2.75) is 10.6 Å². The Bertz CT molecular complexity index is 886. The monoisotopic (exact) mass is 398 g/mol. The van der Waals surface area contributed by atoms with E-state index in [1.165, 1.54) is 44.8 Å². The summed E-state index contributed by atoms with van der Waals surface area (Å²) in [6.45, 7) is 0.722. The van der Waals surface area contributed by atoms with E-state index in [-0.39, 0.29) is 32.9 Å². The van der Waals surface area contributed by atoms with Crippen molar-refractivity contribution in [1.29, 1.82) is 0 Å². The van der Waals surface area contributed by atoms with Crippen LogP contribution in [0.5, 0.6) is 5.75 Å². The fraction of sp³-hybridized carbons (Fsp3) is 0.294. The molecular weight excluding hydrogens is 380 g/mol. The lowest BCUT2D eigenvalue weighted by Gasteiger charge is -2.11. The number of nitrogens with one attached hydrogen (secondary N) is 1. The highest BCUT2D eigenvalue weighted by Crippen LogP contribution is 2.29. The van der Waals surface area contributed by atoms with Crippen LogP contribution in [0.2, 0.25) is 5.02 Å². The maximum Gasteiger partial charge on any atom is 0.252 e. The second kappa shape index (κ2) is 8.98. The molecule has 0 aliphatic carbocycles. The zero-order valence-corrected chi connectivity index (χ0v) is 15.9. The van der Waals surface area contributed by atoms with Crippen molar-refractivity contribution < 1.29 is 22.7 Å². The number of amides is 1. The standard InChI is InChI=1S/C17H19ClN2O5S/c1-24-6-5-20-17(21)13-7-12(9-19-10-13)11-26(22,23)16-8-14(18)3-4-15(16)25-2/h3-4,7-10H,5-6,11H2,1-2H3,(H,20,21). The molecule has 7 nitrogen and oxygen atoms in total. The highest BCUT2D eigenvalue weighted by atomic mass is 35.5. The first-order valence-corrected chi connectivity index (χ1v) is 9.68. The van der Waals surface area contributed by atoms with E-state index in [2.05, 4.69) is 10.3 Å². The van der Waals surface area contributed by atoms with Gasteiger partial charge in [-0.2, -0.15) is 0 Å². The first kappa shape index (κ1) is 20.2. The highest BCUT2D eigenvalue weighted by Gasteiger charge is 2.21. The first-order valence-electron chi connectivity index (χ1n) is 7.64. The average Bonchev–Trinajstić information content (AvgIpc) is 2.61. The van der Waals surface area contributed by atoms with Gasteiger partial charge in [-0.1, -0.05) is 11.6 Å². The summed E-state index contributed by atoms with van der Waals surface area (Å²) in [5.41, 5.74) is 0.651. The number of aromatic nitrogens is 1. The minimum absolute atomic E-state index is 0.0116. The molecule has 9 heteroatoms. The van der Waals surface area contributed by atoms with E-state index in [4.69, 9.17) is 21.1 Å². The van der Waals surface area contributed by atoms with E-state index in [0.717, 1.165) is 0 Å². The lowest BCUT2D eigenvalue weighted by Crippen LogP contribution is -2.27. The van der Waals surface area contributed by atoms with Gasteiger partial charge >= 0.3 is 0 Å². The van der Waals surface area contributed by atoms with Crippen LogP contribution in [0.4, 0.5) is 0 Å². The Morgan fingerprint density at radius 3 is 2.69 bits per heavy atom. The van der Waals surface area contributed by atoms with Crippen molar-refractivity contribution in [1.82, 2.24) is 10.3 Å². The van der Waals surface area contributed by atoms with Gasteiger partial charge in [0.2, 0.25) is 0 Å². The molecule has 0 atom stereocenters. The van der Waals surface area contributed by atoms with Crippen molar-refractivity contribution in [2.75, 3.05) is 27.4 Å². The predicted octanol–water partition coefficient (Wildman–Crippen LogP) is 2.09. The Morgan fingerprint density at radius 2 is 2.00 bits per heavy atom. The van der Waals surface area contributed by atoms with Crippen molar-refractivity contribution >= 4 is 27.3 Å². The second-order valence-electron chi connectivity index (χ2n) is 5.38. The molecular formula is C17H19ClN2O5S. The summed E-state index contributed by atoms with van der Waals surface area (Å²) in [4.78, 5) is 16.0. The average molecular weight is 399 g/mol. The highest BCUT2D eigenvalue weighted by molar-refractivity contribution is 7.90. The lowest BCUT2D eigenvalue weighted by molar-refractivity contribution is 0.0936. The first-order chi connectivity index (χ1) is 12.4. The molecule has 1 amide bonds. The minimum Gasteiger partial charge on any atom is -0.495 e. The molecule has 0 fully saturated rings. The summed E-state index contributed by atoms with van der Waals surface area (Å²) < 4.78 is 35.5. The van der Waals surface area contributed by atoms with Gasteiger partial charge in [0.1, 0.15) is 10.6 Å². The number of nitrogens with zero attached hydrogens (tertiary/aromatic N) is 1. The SMILES string of the molecule is COCCNC(=O)c1cncc(CS(=O)(=O)c2cc(Cl)ccc2OC)c1. The van der Waals surface area contributed by atoms with Crippen LogP contribution in [-0.2, 0) is 20.3 Å². The summed E-state index contributed by atoms with van der Waals surface area (Å²) >= 11 is 5.91.